The van der Waals surface area contributed by atoms with Gasteiger partial charge in [0.2, 0.25) is 0 Å². The van der Waals surface area contributed by atoms with Gasteiger partial charge >= 0.3 is 0 Å². The molecule has 5 nitrogen and oxygen atoms in total. The van der Waals surface area contributed by atoms with E-state index in [2.05, 4.69) is 34.1 Å². The molecule has 2 aromatic rings. The first-order valence-corrected chi connectivity index (χ1v) is 7.60. The zero-order valence-electron chi connectivity index (χ0n) is 13.0. The Kier molecular flexibility index (Phi) is 4.13. The lowest BCUT2D eigenvalue weighted by molar-refractivity contribution is 0.0769. The third-order valence-electron chi connectivity index (χ3n) is 4.23. The van der Waals surface area contributed by atoms with Gasteiger partial charge in [0.05, 0.1) is 0 Å². The van der Waals surface area contributed by atoms with E-state index < -0.39 is 0 Å². The second-order valence-corrected chi connectivity index (χ2v) is 5.88. The Balaban J connectivity index is 1.58. The SMILES string of the molecule is Cc1ocnc1C(=O)N(C)CC1CCN(c2ccccc2)C1. The number of oxazole rings is 1. The molecule has 0 saturated carbocycles. The Bertz CT molecular complexity index is 638. The van der Waals surface area contributed by atoms with Crippen LogP contribution in [0.15, 0.2) is 41.1 Å². The molecule has 1 aliphatic heterocycles. The minimum Gasteiger partial charge on any atom is -0.448 e. The van der Waals surface area contributed by atoms with E-state index in [0.29, 0.717) is 17.4 Å². The van der Waals surface area contributed by atoms with Crippen molar-refractivity contribution in [3.05, 3.63) is 48.2 Å². The largest absolute Gasteiger partial charge is 0.448 e. The van der Waals surface area contributed by atoms with Gasteiger partial charge in [0, 0.05) is 32.4 Å². The van der Waals surface area contributed by atoms with Crippen LogP contribution in [-0.4, -0.2) is 42.5 Å². The van der Waals surface area contributed by atoms with Gasteiger partial charge in [0.25, 0.3) is 5.91 Å². The normalized spacial score (nSPS) is 17.7. The number of carbonyl (C=O) groups excluding carboxylic acids is 1. The first kappa shape index (κ1) is 14.6. The summed E-state index contributed by atoms with van der Waals surface area (Å²) in [5, 5.41) is 0. The third-order valence-corrected chi connectivity index (χ3v) is 4.23. The van der Waals surface area contributed by atoms with Crippen LogP contribution in [0.2, 0.25) is 0 Å². The highest BCUT2D eigenvalue weighted by molar-refractivity contribution is 5.92. The summed E-state index contributed by atoms with van der Waals surface area (Å²) in [6.07, 6.45) is 2.42. The maximum atomic E-state index is 12.4. The van der Waals surface area contributed by atoms with Gasteiger partial charge < -0.3 is 14.2 Å². The molecule has 1 unspecified atom stereocenters. The highest BCUT2D eigenvalue weighted by Crippen LogP contribution is 2.24. The summed E-state index contributed by atoms with van der Waals surface area (Å²) in [6, 6.07) is 10.4. The molecule has 1 fully saturated rings. The van der Waals surface area contributed by atoms with Crippen LogP contribution in [0.4, 0.5) is 5.69 Å². The van der Waals surface area contributed by atoms with Gasteiger partial charge in [0.1, 0.15) is 5.76 Å². The third kappa shape index (κ3) is 2.98. The zero-order chi connectivity index (χ0) is 15.5. The van der Waals surface area contributed by atoms with Crippen molar-refractivity contribution in [2.24, 2.45) is 5.92 Å². The highest BCUT2D eigenvalue weighted by Gasteiger charge is 2.26. The summed E-state index contributed by atoms with van der Waals surface area (Å²) in [5.41, 5.74) is 1.67. The van der Waals surface area contributed by atoms with Gasteiger partial charge in [-0.05, 0) is 31.4 Å². The Morgan fingerprint density at radius 1 is 1.41 bits per heavy atom. The molecule has 22 heavy (non-hydrogen) atoms. The summed E-state index contributed by atoms with van der Waals surface area (Å²) in [6.45, 7) is 4.54. The summed E-state index contributed by atoms with van der Waals surface area (Å²) in [5.74, 6) is 1.000. The smallest absolute Gasteiger partial charge is 0.275 e. The molecule has 1 aromatic heterocycles. The number of carbonyl (C=O) groups is 1. The number of hydrogen-bond donors (Lipinski definition) is 0. The lowest BCUT2D eigenvalue weighted by Gasteiger charge is -2.22. The van der Waals surface area contributed by atoms with Gasteiger partial charge in [0.15, 0.2) is 12.1 Å². The number of aromatic nitrogens is 1. The first-order valence-electron chi connectivity index (χ1n) is 7.60. The second-order valence-electron chi connectivity index (χ2n) is 5.88. The maximum Gasteiger partial charge on any atom is 0.275 e. The van der Waals surface area contributed by atoms with Crippen LogP contribution in [0, 0.1) is 12.8 Å². The molecule has 5 heteroatoms. The maximum absolute atomic E-state index is 12.4. The molecule has 0 radical (unpaired) electrons. The quantitative estimate of drug-likeness (QED) is 0.870. The number of anilines is 1. The number of aryl methyl sites for hydroxylation is 1. The van der Waals surface area contributed by atoms with E-state index in [4.69, 9.17) is 4.42 Å². The van der Waals surface area contributed by atoms with Crippen molar-refractivity contribution in [2.75, 3.05) is 31.6 Å². The van der Waals surface area contributed by atoms with Crippen LogP contribution in [0.1, 0.15) is 22.7 Å². The van der Waals surface area contributed by atoms with Crippen LogP contribution in [0.25, 0.3) is 0 Å². The van der Waals surface area contributed by atoms with E-state index in [1.54, 1.807) is 11.8 Å². The number of para-hydroxylation sites is 1. The highest BCUT2D eigenvalue weighted by atomic mass is 16.3. The number of benzene rings is 1. The fraction of sp³-hybridized carbons (Fsp3) is 0.412. The van der Waals surface area contributed by atoms with E-state index in [0.717, 1.165) is 26.1 Å². The monoisotopic (exact) mass is 299 g/mol. The Morgan fingerprint density at radius 3 is 2.86 bits per heavy atom. The van der Waals surface area contributed by atoms with Crippen LogP contribution >= 0.6 is 0 Å². The fourth-order valence-corrected chi connectivity index (χ4v) is 3.02. The molecular formula is C17H21N3O2. The fourth-order valence-electron chi connectivity index (χ4n) is 3.02. The van der Waals surface area contributed by atoms with Crippen LogP contribution in [0.5, 0.6) is 0 Å². The average Bonchev–Trinajstić information content (AvgIpc) is 3.16. The molecule has 1 saturated heterocycles. The number of amides is 1. The average molecular weight is 299 g/mol. The number of nitrogens with zero attached hydrogens (tertiary/aromatic N) is 3. The molecule has 0 bridgehead atoms. The van der Waals surface area contributed by atoms with E-state index in [1.165, 1.54) is 12.1 Å². The van der Waals surface area contributed by atoms with Crippen molar-refractivity contribution in [1.29, 1.82) is 0 Å². The van der Waals surface area contributed by atoms with Crippen molar-refractivity contribution in [3.63, 3.8) is 0 Å². The van der Waals surface area contributed by atoms with Crippen molar-refractivity contribution in [2.45, 2.75) is 13.3 Å². The summed E-state index contributed by atoms with van der Waals surface area (Å²) in [4.78, 5) is 20.5. The van der Waals surface area contributed by atoms with Gasteiger partial charge in [-0.15, -0.1) is 0 Å². The molecule has 0 spiro atoms. The van der Waals surface area contributed by atoms with Gasteiger partial charge in [-0.3, -0.25) is 4.79 Å². The van der Waals surface area contributed by atoms with E-state index in [1.807, 2.05) is 13.1 Å². The predicted octanol–water partition coefficient (Wildman–Crippen LogP) is 2.58. The van der Waals surface area contributed by atoms with E-state index in [-0.39, 0.29) is 5.91 Å². The molecule has 2 heterocycles. The lowest BCUT2D eigenvalue weighted by Crippen LogP contribution is -2.33. The molecule has 0 aliphatic carbocycles. The molecule has 116 valence electrons. The zero-order valence-corrected chi connectivity index (χ0v) is 13.0. The van der Waals surface area contributed by atoms with Crippen molar-refractivity contribution in [1.82, 2.24) is 9.88 Å². The van der Waals surface area contributed by atoms with Crippen LogP contribution < -0.4 is 4.90 Å². The number of hydrogen-bond acceptors (Lipinski definition) is 4. The van der Waals surface area contributed by atoms with E-state index >= 15 is 0 Å². The molecular weight excluding hydrogens is 278 g/mol. The minimum atomic E-state index is -0.0654. The molecule has 1 amide bonds. The topological polar surface area (TPSA) is 49.6 Å². The van der Waals surface area contributed by atoms with Crippen molar-refractivity contribution >= 4 is 11.6 Å². The molecule has 1 aromatic carbocycles. The van der Waals surface area contributed by atoms with Gasteiger partial charge in [-0.1, -0.05) is 18.2 Å². The first-order chi connectivity index (χ1) is 10.6. The van der Waals surface area contributed by atoms with Crippen molar-refractivity contribution < 1.29 is 9.21 Å². The molecule has 3 rings (SSSR count). The lowest BCUT2D eigenvalue weighted by atomic mass is 10.1. The Labute approximate surface area is 130 Å². The Morgan fingerprint density at radius 2 is 2.18 bits per heavy atom. The molecule has 0 N–H and O–H groups in total. The standard InChI is InChI=1S/C17H21N3O2/c1-13-16(18-12-22-13)17(21)19(2)10-14-8-9-20(11-14)15-6-4-3-5-7-15/h3-7,12,14H,8-11H2,1-2H3. The minimum absolute atomic E-state index is 0.0654. The molecule has 1 aliphatic rings. The van der Waals surface area contributed by atoms with Crippen molar-refractivity contribution in [3.8, 4) is 0 Å². The summed E-state index contributed by atoms with van der Waals surface area (Å²) in [7, 11) is 1.83. The summed E-state index contributed by atoms with van der Waals surface area (Å²) < 4.78 is 5.11. The van der Waals surface area contributed by atoms with Crippen LogP contribution in [0.3, 0.4) is 0 Å². The summed E-state index contributed by atoms with van der Waals surface area (Å²) >= 11 is 0. The Hall–Kier alpha value is -2.30. The van der Waals surface area contributed by atoms with Gasteiger partial charge in [-0.25, -0.2) is 4.98 Å². The van der Waals surface area contributed by atoms with Gasteiger partial charge in [-0.2, -0.15) is 0 Å². The van der Waals surface area contributed by atoms with E-state index in [9.17, 15) is 4.79 Å². The predicted molar refractivity (Wildman–Crippen MR) is 85.0 cm³/mol. The number of rotatable bonds is 4. The molecule has 1 atom stereocenters. The van der Waals surface area contributed by atoms with Crippen LogP contribution in [-0.2, 0) is 0 Å². The second kappa shape index (κ2) is 6.22.